The largest absolute Gasteiger partial charge is 0 e. The molecule has 0 unspecified atom stereocenters. The molecule has 4 heteroatoms. The molecule has 0 amide bonds. The summed E-state index contributed by atoms with van der Waals surface area (Å²) in [7, 11) is 0. The van der Waals surface area contributed by atoms with Crippen LogP contribution in [0.15, 0.2) is 0 Å². The first-order valence-corrected chi connectivity index (χ1v) is 0. The fourth-order valence-electron chi connectivity index (χ4n) is 0. The number of hydrogen-bond acceptors (Lipinski definition) is 0. The summed E-state index contributed by atoms with van der Waals surface area (Å²) in [6, 6.07) is 0. The Hall–Kier alpha value is 3.26. The van der Waals surface area contributed by atoms with E-state index >= 15 is 0 Å². The van der Waals surface area contributed by atoms with E-state index in [1.807, 2.05) is 0 Å². The maximum absolute atomic E-state index is 0. The van der Waals surface area contributed by atoms with Crippen molar-refractivity contribution in [1.29, 1.82) is 0 Å². The SMILES string of the molecule is [In].[In].[In].[Ir]. The van der Waals surface area contributed by atoms with Crippen molar-refractivity contribution in [3.8, 4) is 0 Å². The van der Waals surface area contributed by atoms with Crippen molar-refractivity contribution in [3.05, 3.63) is 0 Å². The van der Waals surface area contributed by atoms with E-state index in [1.165, 1.54) is 0 Å². The Morgan fingerprint density at radius 3 is 0.500 bits per heavy atom. The summed E-state index contributed by atoms with van der Waals surface area (Å²) in [5, 5.41) is 0. The zero-order chi connectivity index (χ0) is 0. The maximum atomic E-state index is 0. The summed E-state index contributed by atoms with van der Waals surface area (Å²) >= 11 is 0. The molecular formula is In3Ir. The predicted octanol–water partition coefficient (Wildman–Crippen LogP) is -1.14. The van der Waals surface area contributed by atoms with Gasteiger partial charge < -0.3 is 0 Å². The maximum Gasteiger partial charge on any atom is 0 e. The Kier molecular flexibility index (Phi) is 109. The molecule has 0 fully saturated rings. The zero-order valence-corrected chi connectivity index (χ0v) is 14.3. The molecule has 0 bridgehead atoms. The summed E-state index contributed by atoms with van der Waals surface area (Å²) in [5.41, 5.74) is 0. The topological polar surface area (TPSA) is 0 Å². The van der Waals surface area contributed by atoms with E-state index in [-0.39, 0.29) is 97.6 Å². The second-order valence-corrected chi connectivity index (χ2v) is 0. The van der Waals surface area contributed by atoms with Crippen LogP contribution in [0, 0.1) is 0 Å². The second-order valence-electron chi connectivity index (χ2n) is 0. The summed E-state index contributed by atoms with van der Waals surface area (Å²) in [6.45, 7) is 0. The van der Waals surface area contributed by atoms with Gasteiger partial charge in [-0.05, 0) is 0 Å². The van der Waals surface area contributed by atoms with Gasteiger partial charge in [-0.1, -0.05) is 0 Å². The van der Waals surface area contributed by atoms with Crippen LogP contribution < -0.4 is 0 Å². The first-order chi connectivity index (χ1) is 0. The third-order valence-corrected chi connectivity index (χ3v) is 0. The summed E-state index contributed by atoms with van der Waals surface area (Å²) < 4.78 is 0. The first-order valence-electron chi connectivity index (χ1n) is 0. The van der Waals surface area contributed by atoms with E-state index in [0.29, 0.717) is 0 Å². The molecule has 4 heavy (non-hydrogen) atoms. The molecular weight excluding hydrogens is 537 g/mol. The van der Waals surface area contributed by atoms with Gasteiger partial charge in [-0.15, -0.1) is 0 Å². The predicted molar refractivity (Wildman–Crippen MR) is 17.3 cm³/mol. The van der Waals surface area contributed by atoms with Crippen molar-refractivity contribution in [2.75, 3.05) is 0 Å². The Labute approximate surface area is 95.6 Å². The minimum atomic E-state index is 0. The molecule has 0 aromatic heterocycles. The van der Waals surface area contributed by atoms with Gasteiger partial charge in [-0.25, -0.2) is 0 Å². The van der Waals surface area contributed by atoms with E-state index < -0.39 is 0 Å². The molecule has 18 valence electrons. The van der Waals surface area contributed by atoms with Gasteiger partial charge in [-0.2, -0.15) is 0 Å². The van der Waals surface area contributed by atoms with Crippen LogP contribution in [0.2, 0.25) is 0 Å². The molecule has 0 nitrogen and oxygen atoms in total. The third-order valence-electron chi connectivity index (χ3n) is 0. The van der Waals surface area contributed by atoms with Crippen molar-refractivity contribution in [2.24, 2.45) is 0 Å². The van der Waals surface area contributed by atoms with Gasteiger partial charge in [0, 0.05) is 97.6 Å². The fraction of sp³-hybridized carbons (Fsp3) is 0. The van der Waals surface area contributed by atoms with E-state index in [1.54, 1.807) is 0 Å². The van der Waals surface area contributed by atoms with Crippen molar-refractivity contribution in [2.45, 2.75) is 0 Å². The molecule has 0 aromatic carbocycles. The van der Waals surface area contributed by atoms with E-state index in [9.17, 15) is 0 Å². The van der Waals surface area contributed by atoms with E-state index in [0.717, 1.165) is 0 Å². The minimum Gasteiger partial charge on any atom is 0 e. The Bertz CT molecular complexity index is 3.25. The van der Waals surface area contributed by atoms with Crippen molar-refractivity contribution in [3.63, 3.8) is 0 Å². The van der Waals surface area contributed by atoms with E-state index in [4.69, 9.17) is 0 Å². The van der Waals surface area contributed by atoms with Crippen LogP contribution in [-0.4, -0.2) is 77.5 Å². The normalized spacial score (nSPS) is 0. The van der Waals surface area contributed by atoms with Gasteiger partial charge in [0.25, 0.3) is 0 Å². The molecule has 0 heterocycles. The number of hydrogen-bond donors (Lipinski definition) is 0. The van der Waals surface area contributed by atoms with Crippen LogP contribution in [0.4, 0.5) is 0 Å². The van der Waals surface area contributed by atoms with Crippen LogP contribution in [-0.2, 0) is 20.1 Å². The van der Waals surface area contributed by atoms with Gasteiger partial charge in [-0.3, -0.25) is 0 Å². The average molecular weight is 537 g/mol. The molecule has 0 atom stereocenters. The zero-order valence-electron chi connectivity index (χ0n) is 2.07. The smallest absolute Gasteiger partial charge is 0 e. The molecule has 0 spiro atoms. The molecule has 0 aliphatic heterocycles. The standard InChI is InChI=1S/3In.Ir. The van der Waals surface area contributed by atoms with Gasteiger partial charge >= 0.3 is 0 Å². The van der Waals surface area contributed by atoms with Gasteiger partial charge in [0.1, 0.15) is 0 Å². The molecule has 0 rings (SSSR count). The Morgan fingerprint density at radius 2 is 0.500 bits per heavy atom. The summed E-state index contributed by atoms with van der Waals surface area (Å²) in [5.74, 6) is 0. The quantitative estimate of drug-likeness (QED) is 0.367. The number of rotatable bonds is 0. The van der Waals surface area contributed by atoms with Crippen molar-refractivity contribution >= 4 is 77.5 Å². The molecule has 0 saturated carbocycles. The minimum absolute atomic E-state index is 0. The molecule has 0 saturated heterocycles. The van der Waals surface area contributed by atoms with Crippen LogP contribution >= 0.6 is 0 Å². The monoisotopic (exact) mass is 538 g/mol. The Balaban J connectivity index is 0. The van der Waals surface area contributed by atoms with Crippen LogP contribution in [0.1, 0.15) is 0 Å². The summed E-state index contributed by atoms with van der Waals surface area (Å²) in [6.07, 6.45) is 0. The molecule has 10 radical (unpaired) electrons. The van der Waals surface area contributed by atoms with Crippen LogP contribution in [0.5, 0.6) is 0 Å². The van der Waals surface area contributed by atoms with Gasteiger partial charge in [0.2, 0.25) is 0 Å². The fourth-order valence-corrected chi connectivity index (χ4v) is 0. The third kappa shape index (κ3) is 8.98. The molecule has 0 aliphatic carbocycles. The second kappa shape index (κ2) is 16.3. The van der Waals surface area contributed by atoms with Crippen LogP contribution in [0.3, 0.4) is 0 Å². The first kappa shape index (κ1) is 26.8. The van der Waals surface area contributed by atoms with Crippen molar-refractivity contribution < 1.29 is 20.1 Å². The Morgan fingerprint density at radius 1 is 0.500 bits per heavy atom. The molecule has 0 N–H and O–H groups in total. The molecule has 0 aliphatic rings. The summed E-state index contributed by atoms with van der Waals surface area (Å²) in [4.78, 5) is 0. The van der Waals surface area contributed by atoms with Gasteiger partial charge in [0.05, 0.1) is 0 Å². The van der Waals surface area contributed by atoms with Crippen molar-refractivity contribution in [1.82, 2.24) is 0 Å². The van der Waals surface area contributed by atoms with E-state index in [2.05, 4.69) is 0 Å². The molecule has 0 aromatic rings. The van der Waals surface area contributed by atoms with Crippen LogP contribution in [0.25, 0.3) is 0 Å². The van der Waals surface area contributed by atoms with Gasteiger partial charge in [0.15, 0.2) is 0 Å². The average Bonchev–Trinajstić information content (AvgIpc) is 0.